The summed E-state index contributed by atoms with van der Waals surface area (Å²) in [6, 6.07) is 8.60. The van der Waals surface area contributed by atoms with Crippen molar-refractivity contribution in [3.8, 4) is 5.69 Å². The Labute approximate surface area is 127 Å². The number of benzene rings is 1. The van der Waals surface area contributed by atoms with E-state index < -0.39 is 12.0 Å². The number of nitrogens with zero attached hydrogens (tertiary/aromatic N) is 4. The zero-order valence-electron chi connectivity index (χ0n) is 12.1. The van der Waals surface area contributed by atoms with E-state index in [0.717, 1.165) is 5.69 Å². The van der Waals surface area contributed by atoms with Gasteiger partial charge in [-0.05, 0) is 31.9 Å². The third kappa shape index (κ3) is 2.34. The van der Waals surface area contributed by atoms with Crippen molar-refractivity contribution in [1.82, 2.24) is 19.9 Å². The summed E-state index contributed by atoms with van der Waals surface area (Å²) in [7, 11) is 0. The van der Waals surface area contributed by atoms with Gasteiger partial charge >= 0.3 is 5.97 Å². The molecule has 1 aliphatic rings. The first-order chi connectivity index (χ1) is 10.6. The van der Waals surface area contributed by atoms with E-state index in [1.807, 2.05) is 30.3 Å². The Balaban J connectivity index is 1.91. The van der Waals surface area contributed by atoms with Crippen molar-refractivity contribution in [3.05, 3.63) is 41.7 Å². The van der Waals surface area contributed by atoms with Crippen LogP contribution in [0.2, 0.25) is 0 Å². The van der Waals surface area contributed by atoms with Crippen molar-refractivity contribution in [2.24, 2.45) is 0 Å². The highest BCUT2D eigenvalue weighted by Crippen LogP contribution is 2.21. The molecule has 7 heteroatoms. The molecule has 1 aliphatic heterocycles. The lowest BCUT2D eigenvalue weighted by Gasteiger charge is -2.20. The number of carboxylic acids is 1. The third-order valence-corrected chi connectivity index (χ3v) is 3.90. The molecule has 7 nitrogen and oxygen atoms in total. The molecule has 0 spiro atoms. The molecule has 22 heavy (non-hydrogen) atoms. The maximum atomic E-state index is 12.6. The first-order valence-corrected chi connectivity index (χ1v) is 7.11. The largest absolute Gasteiger partial charge is 0.480 e. The van der Waals surface area contributed by atoms with Gasteiger partial charge in [0, 0.05) is 6.54 Å². The predicted molar refractivity (Wildman–Crippen MR) is 77.8 cm³/mol. The molecule has 3 rings (SSSR count). The Bertz CT molecular complexity index is 711. The fourth-order valence-electron chi connectivity index (χ4n) is 2.74. The number of hydrogen-bond donors (Lipinski definition) is 1. The first kappa shape index (κ1) is 14.2. The van der Waals surface area contributed by atoms with Crippen molar-refractivity contribution >= 4 is 11.9 Å². The summed E-state index contributed by atoms with van der Waals surface area (Å²) >= 11 is 0. The van der Waals surface area contributed by atoms with Crippen LogP contribution in [0, 0.1) is 6.92 Å². The van der Waals surface area contributed by atoms with Gasteiger partial charge in [0.25, 0.3) is 5.91 Å². The van der Waals surface area contributed by atoms with E-state index in [1.165, 1.54) is 4.90 Å². The molecular weight excluding hydrogens is 284 g/mol. The van der Waals surface area contributed by atoms with Gasteiger partial charge in [-0.25, -0.2) is 9.48 Å². The Kier molecular flexibility index (Phi) is 3.62. The average molecular weight is 300 g/mol. The molecule has 1 aromatic heterocycles. The summed E-state index contributed by atoms with van der Waals surface area (Å²) in [5.41, 5.74) is 1.62. The lowest BCUT2D eigenvalue weighted by atomic mass is 10.2. The number of hydrogen-bond acceptors (Lipinski definition) is 4. The molecule has 114 valence electrons. The van der Waals surface area contributed by atoms with Crippen LogP contribution in [0.15, 0.2) is 30.3 Å². The topological polar surface area (TPSA) is 88.3 Å². The summed E-state index contributed by atoms with van der Waals surface area (Å²) in [6.07, 6.45) is 1.17. The van der Waals surface area contributed by atoms with Crippen LogP contribution in [0.4, 0.5) is 0 Å². The van der Waals surface area contributed by atoms with Crippen LogP contribution in [-0.2, 0) is 4.79 Å². The Morgan fingerprint density at radius 2 is 2.00 bits per heavy atom. The molecule has 0 unspecified atom stereocenters. The van der Waals surface area contributed by atoms with Gasteiger partial charge in [0.05, 0.1) is 11.4 Å². The van der Waals surface area contributed by atoms with Crippen molar-refractivity contribution in [2.45, 2.75) is 25.8 Å². The first-order valence-electron chi connectivity index (χ1n) is 7.11. The number of para-hydroxylation sites is 1. The molecule has 1 saturated heterocycles. The summed E-state index contributed by atoms with van der Waals surface area (Å²) < 4.78 is 1.58. The van der Waals surface area contributed by atoms with Crippen molar-refractivity contribution in [3.63, 3.8) is 0 Å². The SMILES string of the molecule is Cc1c(C(=O)N2CCC[C@@H]2C(=O)O)nnn1-c1ccccc1. The molecule has 0 saturated carbocycles. The Morgan fingerprint density at radius 3 is 2.68 bits per heavy atom. The van der Waals surface area contributed by atoms with E-state index in [9.17, 15) is 14.7 Å². The minimum atomic E-state index is -0.973. The van der Waals surface area contributed by atoms with E-state index in [-0.39, 0.29) is 11.6 Å². The van der Waals surface area contributed by atoms with Crippen LogP contribution < -0.4 is 0 Å². The molecule has 0 aliphatic carbocycles. The van der Waals surface area contributed by atoms with Gasteiger partial charge in [0.1, 0.15) is 6.04 Å². The minimum Gasteiger partial charge on any atom is -0.480 e. The molecule has 1 fully saturated rings. The summed E-state index contributed by atoms with van der Waals surface area (Å²) in [5, 5.41) is 17.2. The van der Waals surface area contributed by atoms with Crippen LogP contribution in [0.1, 0.15) is 29.0 Å². The van der Waals surface area contributed by atoms with Crippen molar-refractivity contribution < 1.29 is 14.7 Å². The van der Waals surface area contributed by atoms with Crippen LogP contribution in [0.25, 0.3) is 5.69 Å². The maximum Gasteiger partial charge on any atom is 0.326 e. The number of amides is 1. The monoisotopic (exact) mass is 300 g/mol. The van der Waals surface area contributed by atoms with Gasteiger partial charge in [-0.1, -0.05) is 23.4 Å². The highest BCUT2D eigenvalue weighted by molar-refractivity contribution is 5.96. The van der Waals surface area contributed by atoms with E-state index >= 15 is 0 Å². The lowest BCUT2D eigenvalue weighted by Crippen LogP contribution is -2.40. The molecular formula is C15H16N4O3. The summed E-state index contributed by atoms with van der Waals surface area (Å²) in [5.74, 6) is -1.34. The molecule has 2 heterocycles. The van der Waals surface area contributed by atoms with Gasteiger partial charge in [-0.3, -0.25) is 4.79 Å². The van der Waals surface area contributed by atoms with Gasteiger partial charge in [0.2, 0.25) is 0 Å². The quantitative estimate of drug-likeness (QED) is 0.922. The minimum absolute atomic E-state index is 0.206. The molecule has 1 aromatic carbocycles. The molecule has 0 radical (unpaired) electrons. The summed E-state index contributed by atoms with van der Waals surface area (Å²) in [4.78, 5) is 25.2. The number of aliphatic carboxylic acids is 1. The van der Waals surface area contributed by atoms with Gasteiger partial charge in [-0.15, -0.1) is 5.10 Å². The highest BCUT2D eigenvalue weighted by Gasteiger charge is 2.36. The number of carbonyl (C=O) groups excluding carboxylic acids is 1. The third-order valence-electron chi connectivity index (χ3n) is 3.90. The van der Waals surface area contributed by atoms with Gasteiger partial charge < -0.3 is 10.0 Å². The fourth-order valence-corrected chi connectivity index (χ4v) is 2.74. The Hall–Kier alpha value is -2.70. The fraction of sp³-hybridized carbons (Fsp3) is 0.333. The second-order valence-corrected chi connectivity index (χ2v) is 5.27. The van der Waals surface area contributed by atoms with Gasteiger partial charge in [0.15, 0.2) is 5.69 Å². The standard InChI is InChI=1S/C15H16N4O3/c1-10-13(14(20)18-9-5-8-12(18)15(21)22)16-17-19(10)11-6-3-2-4-7-11/h2-4,6-7,12H,5,8-9H2,1H3,(H,21,22)/t12-/m1/s1. The van der Waals surface area contributed by atoms with Crippen molar-refractivity contribution in [2.75, 3.05) is 6.54 Å². The van der Waals surface area contributed by atoms with E-state index in [2.05, 4.69) is 10.3 Å². The van der Waals surface area contributed by atoms with E-state index in [0.29, 0.717) is 25.1 Å². The van der Waals surface area contributed by atoms with Crippen LogP contribution in [-0.4, -0.2) is 49.5 Å². The van der Waals surface area contributed by atoms with Gasteiger partial charge in [-0.2, -0.15) is 0 Å². The molecule has 1 N–H and O–H groups in total. The lowest BCUT2D eigenvalue weighted by molar-refractivity contribution is -0.141. The van der Waals surface area contributed by atoms with Crippen LogP contribution in [0.5, 0.6) is 0 Å². The number of likely N-dealkylation sites (tertiary alicyclic amines) is 1. The number of aromatic nitrogens is 3. The van der Waals surface area contributed by atoms with Crippen LogP contribution in [0.3, 0.4) is 0 Å². The predicted octanol–water partition coefficient (Wildman–Crippen LogP) is 1.26. The average Bonchev–Trinajstić information content (AvgIpc) is 3.14. The molecule has 1 amide bonds. The maximum absolute atomic E-state index is 12.6. The second kappa shape index (κ2) is 5.59. The molecule has 1 atom stereocenters. The summed E-state index contributed by atoms with van der Waals surface area (Å²) in [6.45, 7) is 2.19. The molecule has 2 aromatic rings. The van der Waals surface area contributed by atoms with E-state index in [1.54, 1.807) is 11.6 Å². The number of carboxylic acid groups (broad SMARTS) is 1. The number of carbonyl (C=O) groups is 2. The zero-order chi connectivity index (χ0) is 15.7. The second-order valence-electron chi connectivity index (χ2n) is 5.27. The Morgan fingerprint density at radius 1 is 1.27 bits per heavy atom. The zero-order valence-corrected chi connectivity index (χ0v) is 12.1. The highest BCUT2D eigenvalue weighted by atomic mass is 16.4. The smallest absolute Gasteiger partial charge is 0.326 e. The normalized spacial score (nSPS) is 17.7. The number of rotatable bonds is 3. The van der Waals surface area contributed by atoms with Crippen LogP contribution >= 0.6 is 0 Å². The molecule has 0 bridgehead atoms. The van der Waals surface area contributed by atoms with Crippen molar-refractivity contribution in [1.29, 1.82) is 0 Å². The van der Waals surface area contributed by atoms with E-state index in [4.69, 9.17) is 0 Å².